The first-order valence-electron chi connectivity index (χ1n) is 4.59. The van der Waals surface area contributed by atoms with Crippen molar-refractivity contribution in [3.05, 3.63) is 22.4 Å². The van der Waals surface area contributed by atoms with Crippen LogP contribution in [0.5, 0.6) is 0 Å². The molecule has 0 spiro atoms. The lowest BCUT2D eigenvalue weighted by Gasteiger charge is -2.20. The van der Waals surface area contributed by atoms with Crippen molar-refractivity contribution in [1.29, 1.82) is 0 Å². The van der Waals surface area contributed by atoms with Crippen LogP contribution in [0.2, 0.25) is 0 Å². The molecule has 1 aliphatic heterocycles. The maximum absolute atomic E-state index is 11.4. The number of thiophene rings is 1. The van der Waals surface area contributed by atoms with E-state index in [9.17, 15) is 4.79 Å². The van der Waals surface area contributed by atoms with Gasteiger partial charge in [0.25, 0.3) is 0 Å². The van der Waals surface area contributed by atoms with Crippen molar-refractivity contribution in [3.63, 3.8) is 0 Å². The van der Waals surface area contributed by atoms with Crippen molar-refractivity contribution in [2.24, 2.45) is 0 Å². The number of rotatable bonds is 2. The van der Waals surface area contributed by atoms with E-state index in [0.29, 0.717) is 11.9 Å². The number of hydrogen-bond donors (Lipinski definition) is 0. The molecule has 1 amide bonds. The lowest BCUT2D eigenvalue weighted by molar-refractivity contribution is -0.129. The Morgan fingerprint density at radius 2 is 2.54 bits per heavy atom. The standard InChI is InChI=1S/C10H13NOS/c1-8-4-5-10(12)11(8)7-9-3-2-6-13-9/h2-3,6,8H,4-5,7H2,1H3/t8-/m0/s1. The number of likely N-dealkylation sites (tertiary alicyclic amines) is 1. The molecule has 1 aliphatic rings. The van der Waals surface area contributed by atoms with E-state index in [1.165, 1.54) is 4.88 Å². The second-order valence-corrected chi connectivity index (χ2v) is 4.52. The van der Waals surface area contributed by atoms with Gasteiger partial charge in [-0.2, -0.15) is 0 Å². The van der Waals surface area contributed by atoms with Crippen molar-refractivity contribution in [1.82, 2.24) is 4.90 Å². The fourth-order valence-electron chi connectivity index (χ4n) is 1.69. The summed E-state index contributed by atoms with van der Waals surface area (Å²) < 4.78 is 0. The van der Waals surface area contributed by atoms with Crippen LogP contribution < -0.4 is 0 Å². The molecule has 0 N–H and O–H groups in total. The Kier molecular flexibility index (Phi) is 2.36. The zero-order chi connectivity index (χ0) is 9.26. The van der Waals surface area contributed by atoms with Gasteiger partial charge in [-0.1, -0.05) is 6.07 Å². The Labute approximate surface area is 82.2 Å². The summed E-state index contributed by atoms with van der Waals surface area (Å²) in [5, 5.41) is 2.06. The van der Waals surface area contributed by atoms with Gasteiger partial charge in [-0.15, -0.1) is 11.3 Å². The van der Waals surface area contributed by atoms with Gasteiger partial charge in [0.1, 0.15) is 0 Å². The number of carbonyl (C=O) groups excluding carboxylic acids is 1. The van der Waals surface area contributed by atoms with Crippen molar-refractivity contribution in [2.75, 3.05) is 0 Å². The van der Waals surface area contributed by atoms with E-state index in [1.54, 1.807) is 11.3 Å². The molecule has 3 heteroatoms. The molecule has 1 saturated heterocycles. The molecule has 1 atom stereocenters. The normalized spacial score (nSPS) is 22.7. The highest BCUT2D eigenvalue weighted by atomic mass is 32.1. The molecule has 13 heavy (non-hydrogen) atoms. The van der Waals surface area contributed by atoms with Gasteiger partial charge >= 0.3 is 0 Å². The average molecular weight is 195 g/mol. The van der Waals surface area contributed by atoms with Crippen LogP contribution in [-0.4, -0.2) is 16.8 Å². The fourth-order valence-corrected chi connectivity index (χ4v) is 2.39. The third-order valence-corrected chi connectivity index (χ3v) is 3.40. The Balaban J connectivity index is 2.05. The first-order valence-corrected chi connectivity index (χ1v) is 5.47. The van der Waals surface area contributed by atoms with Gasteiger partial charge in [0.05, 0.1) is 6.54 Å². The lowest BCUT2D eigenvalue weighted by Crippen LogP contribution is -2.29. The van der Waals surface area contributed by atoms with Crippen LogP contribution in [0, 0.1) is 0 Å². The van der Waals surface area contributed by atoms with E-state index < -0.39 is 0 Å². The second-order valence-electron chi connectivity index (χ2n) is 3.49. The third kappa shape index (κ3) is 1.75. The van der Waals surface area contributed by atoms with Crippen LogP contribution in [0.1, 0.15) is 24.6 Å². The van der Waals surface area contributed by atoms with E-state index in [4.69, 9.17) is 0 Å². The fraction of sp³-hybridized carbons (Fsp3) is 0.500. The molecule has 70 valence electrons. The summed E-state index contributed by atoms with van der Waals surface area (Å²) in [4.78, 5) is 14.7. The second kappa shape index (κ2) is 3.50. The van der Waals surface area contributed by atoms with Gasteiger partial charge in [-0.3, -0.25) is 4.79 Å². The van der Waals surface area contributed by atoms with Crippen molar-refractivity contribution in [2.45, 2.75) is 32.4 Å². The van der Waals surface area contributed by atoms with Gasteiger partial charge in [0.15, 0.2) is 0 Å². The zero-order valence-electron chi connectivity index (χ0n) is 7.69. The van der Waals surface area contributed by atoms with Crippen LogP contribution in [0.15, 0.2) is 17.5 Å². The molecular weight excluding hydrogens is 182 g/mol. The monoisotopic (exact) mass is 195 g/mol. The Morgan fingerprint density at radius 3 is 3.08 bits per heavy atom. The minimum Gasteiger partial charge on any atom is -0.335 e. The quantitative estimate of drug-likeness (QED) is 0.709. The number of amides is 1. The maximum Gasteiger partial charge on any atom is 0.223 e. The largest absolute Gasteiger partial charge is 0.335 e. The summed E-state index contributed by atoms with van der Waals surface area (Å²) in [6, 6.07) is 4.54. The first-order chi connectivity index (χ1) is 6.27. The highest BCUT2D eigenvalue weighted by Crippen LogP contribution is 2.22. The van der Waals surface area contributed by atoms with E-state index in [2.05, 4.69) is 18.4 Å². The van der Waals surface area contributed by atoms with Crippen molar-refractivity contribution in [3.8, 4) is 0 Å². The molecule has 1 aromatic heterocycles. The van der Waals surface area contributed by atoms with Crippen molar-refractivity contribution < 1.29 is 4.79 Å². The van der Waals surface area contributed by atoms with Gasteiger partial charge in [0.2, 0.25) is 5.91 Å². The van der Waals surface area contributed by atoms with Crippen LogP contribution >= 0.6 is 11.3 Å². The van der Waals surface area contributed by atoms with Crippen LogP contribution in [-0.2, 0) is 11.3 Å². The molecule has 0 bridgehead atoms. The molecule has 2 heterocycles. The highest BCUT2D eigenvalue weighted by Gasteiger charge is 2.27. The molecule has 0 radical (unpaired) electrons. The van der Waals surface area contributed by atoms with Gasteiger partial charge in [0, 0.05) is 17.3 Å². The summed E-state index contributed by atoms with van der Waals surface area (Å²) in [6.45, 7) is 2.93. The minimum absolute atomic E-state index is 0.306. The van der Waals surface area contributed by atoms with E-state index in [1.807, 2.05) is 11.0 Å². The van der Waals surface area contributed by atoms with Crippen LogP contribution in [0.25, 0.3) is 0 Å². The summed E-state index contributed by atoms with van der Waals surface area (Å²) in [5.74, 6) is 0.306. The van der Waals surface area contributed by atoms with Gasteiger partial charge < -0.3 is 4.90 Å². The minimum atomic E-state index is 0.306. The molecule has 2 nitrogen and oxygen atoms in total. The number of nitrogens with zero attached hydrogens (tertiary/aromatic N) is 1. The lowest BCUT2D eigenvalue weighted by atomic mass is 10.2. The molecule has 0 aliphatic carbocycles. The molecule has 1 fully saturated rings. The SMILES string of the molecule is C[C@H]1CCC(=O)N1Cc1cccs1. The smallest absolute Gasteiger partial charge is 0.223 e. The predicted molar refractivity (Wildman–Crippen MR) is 53.6 cm³/mol. The molecule has 2 rings (SSSR count). The van der Waals surface area contributed by atoms with E-state index >= 15 is 0 Å². The predicted octanol–water partition coefficient (Wildman–Crippen LogP) is 2.26. The maximum atomic E-state index is 11.4. The average Bonchev–Trinajstić information content (AvgIpc) is 2.70. The topological polar surface area (TPSA) is 20.3 Å². The molecule has 0 aromatic carbocycles. The molecule has 0 saturated carbocycles. The summed E-state index contributed by atoms with van der Waals surface area (Å²) >= 11 is 1.72. The Bertz CT molecular complexity index is 294. The van der Waals surface area contributed by atoms with Crippen LogP contribution in [0.3, 0.4) is 0 Å². The molecular formula is C10H13NOS. The Hall–Kier alpha value is -0.830. The summed E-state index contributed by atoms with van der Waals surface area (Å²) in [5.41, 5.74) is 0. The van der Waals surface area contributed by atoms with Gasteiger partial charge in [-0.25, -0.2) is 0 Å². The molecule has 0 unspecified atom stereocenters. The van der Waals surface area contributed by atoms with Crippen molar-refractivity contribution >= 4 is 17.2 Å². The Morgan fingerprint density at radius 1 is 1.69 bits per heavy atom. The van der Waals surface area contributed by atoms with E-state index in [0.717, 1.165) is 19.4 Å². The highest BCUT2D eigenvalue weighted by molar-refractivity contribution is 7.09. The van der Waals surface area contributed by atoms with Gasteiger partial charge in [-0.05, 0) is 24.8 Å². The third-order valence-electron chi connectivity index (χ3n) is 2.53. The zero-order valence-corrected chi connectivity index (χ0v) is 8.51. The van der Waals surface area contributed by atoms with E-state index in [-0.39, 0.29) is 0 Å². The first kappa shape index (κ1) is 8.75. The van der Waals surface area contributed by atoms with Crippen LogP contribution in [0.4, 0.5) is 0 Å². The molecule has 1 aromatic rings. The summed E-state index contributed by atoms with van der Waals surface area (Å²) in [7, 11) is 0. The number of carbonyl (C=O) groups is 1. The summed E-state index contributed by atoms with van der Waals surface area (Å²) in [6.07, 6.45) is 1.75. The number of hydrogen-bond acceptors (Lipinski definition) is 2.